The summed E-state index contributed by atoms with van der Waals surface area (Å²) < 4.78 is 5.07. The number of aliphatic imine (C=N–C) groups is 1. The molecule has 0 aliphatic heterocycles. The number of esters is 1. The fraction of sp³-hybridized carbons (Fsp3) is 0.460. The van der Waals surface area contributed by atoms with Crippen LogP contribution in [0, 0.1) is 6.92 Å². The predicted octanol–water partition coefficient (Wildman–Crippen LogP) is 2.39. The van der Waals surface area contributed by atoms with Crippen LogP contribution in [0.4, 0.5) is 0 Å². The summed E-state index contributed by atoms with van der Waals surface area (Å²) in [6.07, 6.45) is 3.76. The molecule has 0 saturated carbocycles. The van der Waals surface area contributed by atoms with Gasteiger partial charge in [0.05, 0.1) is 18.6 Å². The van der Waals surface area contributed by atoms with E-state index < -0.39 is 96.2 Å². The van der Waals surface area contributed by atoms with Crippen molar-refractivity contribution in [1.82, 2.24) is 53.2 Å². The van der Waals surface area contributed by atoms with E-state index in [9.17, 15) is 43.2 Å². The van der Waals surface area contributed by atoms with Crippen LogP contribution in [0.15, 0.2) is 115 Å². The molecule has 4 aromatic rings. The minimum absolute atomic E-state index is 0.0148. The van der Waals surface area contributed by atoms with Gasteiger partial charge in [-0.3, -0.25) is 48.1 Å². The first-order valence-corrected chi connectivity index (χ1v) is 29.1. The number of likely N-dealkylation sites (N-methyl/N-ethyl adjacent to an activating group) is 1. The minimum Gasteiger partial charge on any atom is -0.461 e. The Bertz CT molecular complexity index is 2870. The average molecular weight is 1170 g/mol. The number of benzene rings is 4. The van der Waals surface area contributed by atoms with Crippen molar-refractivity contribution < 1.29 is 47.9 Å². The van der Waals surface area contributed by atoms with Gasteiger partial charge in [0.1, 0.15) is 36.8 Å². The van der Waals surface area contributed by atoms with E-state index in [4.69, 9.17) is 10.5 Å². The molecule has 0 radical (unpaired) electrons. The zero-order chi connectivity index (χ0) is 62.1. The van der Waals surface area contributed by atoms with E-state index in [1.165, 1.54) is 20.0 Å². The molecule has 0 aliphatic rings. The third kappa shape index (κ3) is 25.1. The molecule has 22 heteroatoms. The molecule has 4 aromatic carbocycles. The fourth-order valence-electron chi connectivity index (χ4n) is 9.26. The first kappa shape index (κ1) is 69.0. The van der Waals surface area contributed by atoms with Gasteiger partial charge >= 0.3 is 5.97 Å². The van der Waals surface area contributed by atoms with Crippen LogP contribution in [-0.4, -0.2) is 149 Å². The van der Waals surface area contributed by atoms with Crippen molar-refractivity contribution in [2.75, 3.05) is 47.4 Å². The maximum atomic E-state index is 14.8. The molecule has 85 heavy (non-hydrogen) atoms. The normalized spacial score (nSPS) is 13.7. The molecule has 0 saturated heterocycles. The van der Waals surface area contributed by atoms with Crippen molar-refractivity contribution in [3.8, 4) is 0 Å². The Morgan fingerprint density at radius 2 is 1.09 bits per heavy atom. The number of carbonyl (C=O) groups excluding carboxylic acids is 9. The number of nitrogens with zero attached hydrogens (tertiary/aromatic N) is 1. The second kappa shape index (κ2) is 37.6. The van der Waals surface area contributed by atoms with Gasteiger partial charge in [-0.15, -0.1) is 0 Å². The Balaban J connectivity index is 1.65. The summed E-state index contributed by atoms with van der Waals surface area (Å²) in [6, 6.07) is 22.3. The van der Waals surface area contributed by atoms with Crippen LogP contribution in [0.3, 0.4) is 0 Å². The van der Waals surface area contributed by atoms with Crippen LogP contribution in [-0.2, 0) is 67.2 Å². The van der Waals surface area contributed by atoms with Gasteiger partial charge in [-0.05, 0) is 113 Å². The third-order valence-corrected chi connectivity index (χ3v) is 14.1. The van der Waals surface area contributed by atoms with E-state index in [-0.39, 0.29) is 69.8 Å². The number of rotatable bonds is 38. The molecule has 0 aliphatic carbocycles. The number of hydrogen-bond donors (Lipinski definition) is 11. The number of carbonyl (C=O) groups is 9. The molecule has 4 rings (SSSR count). The number of Topliss-reactive ketones (excluding diaryl/α,β-unsaturated/α-hetero) is 1. The molecule has 460 valence electrons. The fourth-order valence-corrected chi connectivity index (χ4v) is 9.26. The highest BCUT2D eigenvalue weighted by Gasteiger charge is 2.33. The average Bonchev–Trinajstić information content (AvgIpc) is 3.62. The lowest BCUT2D eigenvalue weighted by atomic mass is 10.00. The number of fused-ring (bicyclic) bond motifs is 1. The molecule has 0 unspecified atom stereocenters. The van der Waals surface area contributed by atoms with Crippen molar-refractivity contribution in [3.63, 3.8) is 0 Å². The van der Waals surface area contributed by atoms with Crippen molar-refractivity contribution in [3.05, 3.63) is 132 Å². The SMILES string of the molecule is C=CCOC(=O)CC[C@@H](NC(=O)CNC(=O)[C@H](Cc1ccc2ccccc2c1)NC(=O)[C@@H](CCCNC(N)=NC)NC(=O)[C@H](CCCCNC)NC(=O)[C@H](Cc1ccc(C)cc1)NC(=O)[C@H](Cc1ccccc1)NC)C(=O)N[C@@H](CCC)C(C)=O. The Kier molecular flexibility index (Phi) is 30.6. The van der Waals surface area contributed by atoms with Crippen LogP contribution in [0.25, 0.3) is 10.8 Å². The molecule has 22 nitrogen and oxygen atoms in total. The second-order valence-electron chi connectivity index (χ2n) is 20.9. The van der Waals surface area contributed by atoms with Gasteiger partial charge in [0, 0.05) is 32.9 Å². The van der Waals surface area contributed by atoms with E-state index in [1.807, 2.05) is 105 Å². The number of amides is 7. The van der Waals surface area contributed by atoms with Crippen molar-refractivity contribution in [2.45, 2.75) is 140 Å². The topological polar surface area (TPSA) is 322 Å². The Morgan fingerprint density at radius 1 is 0.565 bits per heavy atom. The van der Waals surface area contributed by atoms with Gasteiger partial charge in [-0.1, -0.05) is 129 Å². The number of guanidine groups is 1. The molecule has 0 heterocycles. The van der Waals surface area contributed by atoms with Crippen LogP contribution in [0.1, 0.15) is 93.9 Å². The molecular weight excluding hydrogens is 1080 g/mol. The lowest BCUT2D eigenvalue weighted by molar-refractivity contribution is -0.143. The maximum absolute atomic E-state index is 14.8. The molecular formula is C63H88N12O10. The monoisotopic (exact) mass is 1170 g/mol. The lowest BCUT2D eigenvalue weighted by Gasteiger charge is -2.27. The van der Waals surface area contributed by atoms with Gasteiger partial charge in [-0.2, -0.15) is 0 Å². The second-order valence-corrected chi connectivity index (χ2v) is 20.9. The highest BCUT2D eigenvalue weighted by Crippen LogP contribution is 2.18. The number of nitrogens with one attached hydrogen (secondary N) is 10. The van der Waals surface area contributed by atoms with Gasteiger partial charge in [0.25, 0.3) is 0 Å². The van der Waals surface area contributed by atoms with Crippen molar-refractivity contribution in [2.24, 2.45) is 10.7 Å². The Morgan fingerprint density at radius 3 is 1.71 bits per heavy atom. The zero-order valence-electron chi connectivity index (χ0n) is 50.0. The molecule has 0 fully saturated rings. The lowest BCUT2D eigenvalue weighted by Crippen LogP contribution is -2.59. The van der Waals surface area contributed by atoms with E-state index >= 15 is 0 Å². The van der Waals surface area contributed by atoms with Crippen molar-refractivity contribution in [1.29, 1.82) is 0 Å². The number of aryl methyl sites for hydroxylation is 1. The summed E-state index contributed by atoms with van der Waals surface area (Å²) >= 11 is 0. The molecule has 0 aromatic heterocycles. The van der Waals surface area contributed by atoms with E-state index in [1.54, 1.807) is 20.2 Å². The van der Waals surface area contributed by atoms with Gasteiger partial charge in [-0.25, -0.2) is 0 Å². The molecule has 12 N–H and O–H groups in total. The first-order valence-electron chi connectivity index (χ1n) is 29.1. The summed E-state index contributed by atoms with van der Waals surface area (Å²) in [7, 11) is 4.97. The summed E-state index contributed by atoms with van der Waals surface area (Å²) in [5.41, 5.74) is 9.25. The Labute approximate surface area is 499 Å². The molecule has 7 atom stereocenters. The highest BCUT2D eigenvalue weighted by atomic mass is 16.5. The minimum atomic E-state index is -1.35. The summed E-state index contributed by atoms with van der Waals surface area (Å²) in [5.74, 6) is -5.62. The standard InChI is InChI=1S/C63H88N12O10/c1-8-18-48(42(4)76)71-60(82)51(31-32-56(78)85-35-9-2)70-55(77)40-69-57(79)53(39-45-29-30-46-21-13-14-22-47(46)36-45)74-59(81)50(24-17-34-68-63(64)67-7)72-58(80)49(23-15-16-33-65-5)73-62(84)54(38-44-27-25-41(3)26-28-44)75-61(83)52(66-6)37-43-19-11-10-12-20-43/h9-14,19-22,25-30,36,48-54,65-66H,2,8,15-18,23-24,31-35,37-40H2,1,3-7H3,(H,69,79)(H,70,77)(H,71,82)(H,72,80)(H,73,84)(H,74,81)(H,75,83)(H3,64,67,68)/t48-,49-,50+,51+,52-,53-,54-/m0/s1. The zero-order valence-corrected chi connectivity index (χ0v) is 50.0. The van der Waals surface area contributed by atoms with E-state index in [0.29, 0.717) is 44.2 Å². The predicted molar refractivity (Wildman–Crippen MR) is 329 cm³/mol. The quantitative estimate of drug-likeness (QED) is 0.0101. The van der Waals surface area contributed by atoms with Gasteiger partial charge in [0.15, 0.2) is 11.7 Å². The Hall–Kier alpha value is -8.50. The van der Waals surface area contributed by atoms with Crippen LogP contribution < -0.4 is 58.9 Å². The molecule has 7 amide bonds. The summed E-state index contributed by atoms with van der Waals surface area (Å²) in [4.78, 5) is 129. The van der Waals surface area contributed by atoms with E-state index in [2.05, 4.69) is 64.7 Å². The largest absolute Gasteiger partial charge is 0.461 e. The number of hydrogen-bond acceptors (Lipinski definition) is 13. The smallest absolute Gasteiger partial charge is 0.306 e. The highest BCUT2D eigenvalue weighted by molar-refractivity contribution is 5.97. The molecule has 0 bridgehead atoms. The number of unbranched alkanes of at least 4 members (excludes halogenated alkanes) is 1. The first-order chi connectivity index (χ1) is 40.9. The number of ketones is 1. The van der Waals surface area contributed by atoms with Crippen LogP contribution in [0.2, 0.25) is 0 Å². The van der Waals surface area contributed by atoms with Crippen LogP contribution in [0.5, 0.6) is 0 Å². The van der Waals surface area contributed by atoms with Crippen molar-refractivity contribution >= 4 is 69.8 Å². The third-order valence-electron chi connectivity index (χ3n) is 14.1. The molecule has 0 spiro atoms. The van der Waals surface area contributed by atoms with Gasteiger partial charge in [0.2, 0.25) is 41.4 Å². The van der Waals surface area contributed by atoms with E-state index in [0.717, 1.165) is 27.5 Å². The summed E-state index contributed by atoms with van der Waals surface area (Å²) in [6.45, 7) is 8.77. The van der Waals surface area contributed by atoms with Gasteiger partial charge < -0.3 is 63.6 Å². The van der Waals surface area contributed by atoms with Crippen LogP contribution >= 0.6 is 0 Å². The number of nitrogens with two attached hydrogens (primary N) is 1. The maximum Gasteiger partial charge on any atom is 0.306 e. The number of ether oxygens (including phenoxy) is 1. The summed E-state index contributed by atoms with van der Waals surface area (Å²) in [5, 5.41) is 30.3.